The van der Waals surface area contributed by atoms with Gasteiger partial charge in [0.1, 0.15) is 0 Å². The summed E-state index contributed by atoms with van der Waals surface area (Å²) in [6.07, 6.45) is 1.25. The van der Waals surface area contributed by atoms with Gasteiger partial charge in [-0.05, 0) is 121 Å². The van der Waals surface area contributed by atoms with Crippen LogP contribution in [0.5, 0.6) is 0 Å². The number of hydrogen-bond donors (Lipinski definition) is 0. The van der Waals surface area contributed by atoms with Crippen molar-refractivity contribution in [2.24, 2.45) is 115 Å². The fraction of sp³-hybridized carbons (Fsp3) is 1.00. The third-order valence-electron chi connectivity index (χ3n) is 30.1. The Bertz CT molecular complexity index is 1660. The normalized spacial score (nSPS) is 72.7. The smallest absolute Gasteiger partial charge is 0.00716 e. The molecule has 0 aliphatic heterocycles. The quantitative estimate of drug-likeness (QED) is 0.277. The molecule has 0 N–H and O–H groups in total. The molecule has 0 aromatic heterocycles. The van der Waals surface area contributed by atoms with Crippen LogP contribution >= 0.6 is 0 Å². The molecule has 8 aliphatic carbocycles. The molecule has 274 valence electrons. The second-order valence-electron chi connectivity index (χ2n) is 25.6. The average molecular weight is 659 g/mol. The predicted octanol–water partition coefficient (Wildman–Crippen LogP) is 14.0. The van der Waals surface area contributed by atoms with Crippen molar-refractivity contribution in [3.63, 3.8) is 0 Å². The SMILES string of the molecule is CCC1(C)C(C)(C)C2(C)C3(C)C4(C)C(C)(C)C5(C)C2(C)C2(C)C(C)(C)C(C)(C(C)C)C6(C)C1(C)C4(C)C(C)C21C5(C)C(C)(C)C3(C)C61C. The van der Waals surface area contributed by atoms with E-state index in [-0.39, 0.29) is 103 Å². The van der Waals surface area contributed by atoms with Crippen LogP contribution in [0.1, 0.15) is 186 Å². The number of hydrogen-bond acceptors (Lipinski definition) is 0. The minimum Gasteiger partial charge on any atom is -0.0648 e. The molecule has 8 saturated carbocycles. The number of rotatable bonds is 2. The summed E-state index contributed by atoms with van der Waals surface area (Å²) in [6.45, 7) is 76.0. The van der Waals surface area contributed by atoms with Crippen LogP contribution in [0.2, 0.25) is 0 Å². The van der Waals surface area contributed by atoms with Gasteiger partial charge in [0.15, 0.2) is 0 Å². The van der Waals surface area contributed by atoms with Gasteiger partial charge in [0, 0.05) is 0 Å². The van der Waals surface area contributed by atoms with E-state index in [1.54, 1.807) is 0 Å². The lowest BCUT2D eigenvalue weighted by atomic mass is 9.11. The van der Waals surface area contributed by atoms with E-state index < -0.39 is 0 Å². The van der Waals surface area contributed by atoms with Crippen molar-refractivity contribution in [1.82, 2.24) is 0 Å². The molecule has 0 aromatic carbocycles. The van der Waals surface area contributed by atoms with Gasteiger partial charge < -0.3 is 0 Å². The maximum absolute atomic E-state index is 3.05. The standard InChI is InChI=1S/C48H82/c1-27-34(13)30(5,6)38(17)45(24)37(16)32(9,10)39(18)42(21)33(11,12)40(45,19)47(26)44(23)35(14,28(2)3)31(7,8)41(20,46(38,39)25)48(42,47)29(4)36(37,15)43(34,44)22/h28-29H,27H2,1-26H3. The molecule has 11 bridgehead atoms. The highest BCUT2D eigenvalue weighted by atomic mass is 15.2. The second kappa shape index (κ2) is 6.79. The largest absolute Gasteiger partial charge is 0.0648 e. The lowest BCUT2D eigenvalue weighted by Crippen LogP contribution is -2.89. The Hall–Kier alpha value is 0. The summed E-state index contributed by atoms with van der Waals surface area (Å²) in [5.41, 5.74) is 1.55. The first-order valence-corrected chi connectivity index (χ1v) is 20.9. The summed E-state index contributed by atoms with van der Waals surface area (Å²) in [6, 6.07) is 0. The van der Waals surface area contributed by atoms with Crippen LogP contribution in [0.15, 0.2) is 0 Å². The van der Waals surface area contributed by atoms with E-state index in [4.69, 9.17) is 0 Å². The molecule has 8 aliphatic rings. The molecule has 0 amide bonds. The summed E-state index contributed by atoms with van der Waals surface area (Å²) in [7, 11) is 0. The molecular formula is C48H82. The minimum absolute atomic E-state index is 0.0471. The highest BCUT2D eigenvalue weighted by Crippen LogP contribution is 3.21. The van der Waals surface area contributed by atoms with Gasteiger partial charge in [0.05, 0.1) is 0 Å². The zero-order valence-corrected chi connectivity index (χ0v) is 37.4. The molecule has 0 heterocycles. The second-order valence-corrected chi connectivity index (χ2v) is 25.6. The third kappa shape index (κ3) is 1.54. The predicted molar refractivity (Wildman–Crippen MR) is 205 cm³/mol. The van der Waals surface area contributed by atoms with Crippen molar-refractivity contribution in [1.29, 1.82) is 0 Å². The Kier molecular flexibility index (Phi) is 4.96. The fourth-order valence-corrected chi connectivity index (χ4v) is 27.6. The molecular weight excluding hydrogens is 577 g/mol. The van der Waals surface area contributed by atoms with E-state index in [1.165, 1.54) is 6.42 Å². The molecule has 8 fully saturated rings. The van der Waals surface area contributed by atoms with E-state index in [0.29, 0.717) is 11.8 Å². The maximum Gasteiger partial charge on any atom is -0.00716 e. The van der Waals surface area contributed by atoms with Gasteiger partial charge in [0.2, 0.25) is 0 Å². The van der Waals surface area contributed by atoms with E-state index in [0.717, 1.165) is 0 Å². The lowest BCUT2D eigenvalue weighted by molar-refractivity contribution is -0.463. The van der Waals surface area contributed by atoms with Crippen molar-refractivity contribution in [3.05, 3.63) is 0 Å². The van der Waals surface area contributed by atoms with Gasteiger partial charge in [-0.25, -0.2) is 0 Å². The van der Waals surface area contributed by atoms with Crippen molar-refractivity contribution < 1.29 is 0 Å². The first-order chi connectivity index (χ1) is 20.9. The van der Waals surface area contributed by atoms with Crippen LogP contribution < -0.4 is 0 Å². The van der Waals surface area contributed by atoms with Crippen LogP contribution in [-0.4, -0.2) is 0 Å². The summed E-state index contributed by atoms with van der Waals surface area (Å²) in [4.78, 5) is 0. The van der Waals surface area contributed by atoms with E-state index in [9.17, 15) is 0 Å². The molecule has 0 aromatic rings. The first kappa shape index (κ1) is 35.1. The summed E-state index contributed by atoms with van der Waals surface area (Å²) < 4.78 is 0. The Labute approximate surface area is 300 Å². The maximum atomic E-state index is 3.05. The van der Waals surface area contributed by atoms with Gasteiger partial charge >= 0.3 is 0 Å². The summed E-state index contributed by atoms with van der Waals surface area (Å²) >= 11 is 0. The lowest BCUT2D eigenvalue weighted by Gasteiger charge is -2.92. The Balaban J connectivity index is 1.97. The molecule has 0 radical (unpaired) electrons. The van der Waals surface area contributed by atoms with Gasteiger partial charge in [-0.15, -0.1) is 0 Å². The van der Waals surface area contributed by atoms with Gasteiger partial charge in [-0.1, -0.05) is 180 Å². The number of fused-ring (bicyclic) bond motifs is 1. The Morgan fingerprint density at radius 3 is 1.15 bits per heavy atom. The van der Waals surface area contributed by atoms with Crippen LogP contribution in [0.4, 0.5) is 0 Å². The van der Waals surface area contributed by atoms with Crippen molar-refractivity contribution >= 4 is 0 Å². The molecule has 0 nitrogen and oxygen atoms in total. The van der Waals surface area contributed by atoms with Crippen molar-refractivity contribution in [3.8, 4) is 0 Å². The summed E-state index contributed by atoms with van der Waals surface area (Å²) in [5, 5.41) is 0. The highest BCUT2D eigenvalue weighted by molar-refractivity contribution is 5.64. The van der Waals surface area contributed by atoms with Gasteiger partial charge in [0.25, 0.3) is 0 Å². The third-order valence-corrected chi connectivity index (χ3v) is 30.1. The Morgan fingerprint density at radius 1 is 0.375 bits per heavy atom. The highest BCUT2D eigenvalue weighted by Gasteiger charge is 3.18. The molecule has 8 rings (SSSR count). The van der Waals surface area contributed by atoms with Crippen molar-refractivity contribution in [2.45, 2.75) is 186 Å². The van der Waals surface area contributed by atoms with Crippen LogP contribution in [0.25, 0.3) is 0 Å². The molecule has 16 atom stereocenters. The molecule has 48 heavy (non-hydrogen) atoms. The monoisotopic (exact) mass is 659 g/mol. The van der Waals surface area contributed by atoms with Crippen LogP contribution in [0.3, 0.4) is 0 Å². The van der Waals surface area contributed by atoms with E-state index >= 15 is 0 Å². The van der Waals surface area contributed by atoms with Crippen LogP contribution in [-0.2, 0) is 0 Å². The van der Waals surface area contributed by atoms with E-state index in [2.05, 4.69) is 180 Å². The molecule has 0 heteroatoms. The summed E-state index contributed by atoms with van der Waals surface area (Å²) in [5.74, 6) is 1.14. The van der Waals surface area contributed by atoms with Gasteiger partial charge in [-0.3, -0.25) is 0 Å². The minimum atomic E-state index is 0.0471. The van der Waals surface area contributed by atoms with Crippen LogP contribution in [0, 0.1) is 115 Å². The molecule has 0 saturated heterocycles. The topological polar surface area (TPSA) is 0 Å². The average Bonchev–Trinajstić information content (AvgIpc) is 3.12. The van der Waals surface area contributed by atoms with Gasteiger partial charge in [-0.2, -0.15) is 0 Å². The molecule has 16 unspecified atom stereocenters. The zero-order valence-electron chi connectivity index (χ0n) is 37.4. The van der Waals surface area contributed by atoms with Crippen molar-refractivity contribution in [2.75, 3.05) is 0 Å². The Morgan fingerprint density at radius 2 is 0.729 bits per heavy atom. The molecule has 1 spiro atoms. The van der Waals surface area contributed by atoms with E-state index in [1.807, 2.05) is 0 Å². The zero-order chi connectivity index (χ0) is 37.4. The first-order valence-electron chi connectivity index (χ1n) is 20.9. The fourth-order valence-electron chi connectivity index (χ4n) is 27.6.